The number of thiophene rings is 1. The molecule has 9 heteroatoms. The lowest BCUT2D eigenvalue weighted by molar-refractivity contribution is 0.0669. The molecule has 170 valence electrons. The molecule has 3 aromatic heterocycles. The van der Waals surface area contributed by atoms with Gasteiger partial charge in [-0.25, -0.2) is 9.97 Å². The minimum Gasteiger partial charge on any atom is -0.349 e. The van der Waals surface area contributed by atoms with Crippen molar-refractivity contribution >= 4 is 34.3 Å². The molecule has 0 spiro atoms. The first-order valence-corrected chi connectivity index (χ1v) is 11.7. The van der Waals surface area contributed by atoms with Crippen LogP contribution in [0.3, 0.4) is 0 Å². The zero-order chi connectivity index (χ0) is 23.0. The maximum atomic E-state index is 12.9. The summed E-state index contributed by atoms with van der Waals surface area (Å²) in [5, 5.41) is 3.05. The van der Waals surface area contributed by atoms with Gasteiger partial charge in [-0.05, 0) is 31.5 Å². The Hall–Kier alpha value is -2.78. The molecule has 0 radical (unpaired) electrons. The number of nitrogens with zero attached hydrogens (tertiary/aromatic N) is 4. The third-order valence-electron chi connectivity index (χ3n) is 6.13. The lowest BCUT2D eigenvalue weighted by Gasteiger charge is -2.32. The van der Waals surface area contributed by atoms with Crippen molar-refractivity contribution in [2.24, 2.45) is 5.41 Å². The number of carbonyl (C=O) groups excluding carboxylic acids is 2. The molecule has 1 aliphatic heterocycles. The maximum Gasteiger partial charge on any atom is 0.264 e. The van der Waals surface area contributed by atoms with E-state index in [4.69, 9.17) is 4.98 Å². The molecule has 1 atom stereocenters. The molecule has 1 saturated heterocycles. The molecule has 0 bridgehead atoms. The molecule has 3 aromatic rings. The van der Waals surface area contributed by atoms with Gasteiger partial charge >= 0.3 is 0 Å². The van der Waals surface area contributed by atoms with Crippen molar-refractivity contribution in [3.63, 3.8) is 0 Å². The Labute approximate surface area is 192 Å². The van der Waals surface area contributed by atoms with Crippen LogP contribution < -0.4 is 5.32 Å². The van der Waals surface area contributed by atoms with E-state index in [0.29, 0.717) is 27.3 Å². The van der Waals surface area contributed by atoms with Gasteiger partial charge in [-0.1, -0.05) is 20.8 Å². The fourth-order valence-electron chi connectivity index (χ4n) is 3.43. The fraction of sp³-hybridized carbons (Fsp3) is 0.478. The Morgan fingerprint density at radius 2 is 1.91 bits per heavy atom. The molecule has 0 aliphatic carbocycles. The summed E-state index contributed by atoms with van der Waals surface area (Å²) in [5.41, 5.74) is 2.16. The van der Waals surface area contributed by atoms with E-state index in [1.165, 1.54) is 11.3 Å². The van der Waals surface area contributed by atoms with Crippen molar-refractivity contribution < 1.29 is 9.59 Å². The van der Waals surface area contributed by atoms with Gasteiger partial charge in [0.25, 0.3) is 11.8 Å². The fourth-order valence-corrected chi connectivity index (χ4v) is 4.36. The zero-order valence-corrected chi connectivity index (χ0v) is 20.0. The molecule has 0 saturated carbocycles. The van der Waals surface area contributed by atoms with Crippen LogP contribution in [0.2, 0.25) is 0 Å². The molecule has 1 unspecified atom stereocenters. The number of amides is 2. The van der Waals surface area contributed by atoms with Crippen LogP contribution in [-0.4, -0.2) is 75.8 Å². The predicted octanol–water partition coefficient (Wildman–Crippen LogP) is 3.24. The van der Waals surface area contributed by atoms with Crippen LogP contribution in [0.15, 0.2) is 24.5 Å². The average molecular weight is 455 g/mol. The van der Waals surface area contributed by atoms with Crippen LogP contribution in [0.25, 0.3) is 21.7 Å². The van der Waals surface area contributed by atoms with E-state index in [9.17, 15) is 9.59 Å². The first-order chi connectivity index (χ1) is 15.1. The van der Waals surface area contributed by atoms with Crippen molar-refractivity contribution in [2.75, 3.05) is 33.2 Å². The molecule has 2 amide bonds. The number of hydrogen-bond acceptors (Lipinski definition) is 6. The highest BCUT2D eigenvalue weighted by molar-refractivity contribution is 7.17. The molecule has 1 aliphatic rings. The summed E-state index contributed by atoms with van der Waals surface area (Å²) in [6.07, 6.45) is 3.32. The van der Waals surface area contributed by atoms with E-state index in [-0.39, 0.29) is 23.3 Å². The Morgan fingerprint density at radius 3 is 2.59 bits per heavy atom. The quantitative estimate of drug-likeness (QED) is 0.631. The third kappa shape index (κ3) is 4.54. The van der Waals surface area contributed by atoms with Crippen molar-refractivity contribution in [1.29, 1.82) is 0 Å². The minimum atomic E-state index is -0.178. The van der Waals surface area contributed by atoms with Gasteiger partial charge in [0.15, 0.2) is 5.65 Å². The highest BCUT2D eigenvalue weighted by atomic mass is 32.1. The number of fused-ring (bicyclic) bond motifs is 1. The number of aromatic amines is 1. The lowest BCUT2D eigenvalue weighted by Crippen LogP contribution is -2.46. The highest BCUT2D eigenvalue weighted by Gasteiger charge is 2.25. The third-order valence-corrected chi connectivity index (χ3v) is 7.23. The van der Waals surface area contributed by atoms with Gasteiger partial charge < -0.3 is 20.1 Å². The Kier molecular flexibility index (Phi) is 6.05. The van der Waals surface area contributed by atoms with E-state index in [1.54, 1.807) is 12.4 Å². The van der Waals surface area contributed by atoms with Crippen LogP contribution in [0.5, 0.6) is 0 Å². The largest absolute Gasteiger partial charge is 0.349 e. The topological polar surface area (TPSA) is 94.2 Å². The Balaban J connectivity index is 1.56. The molecular weight excluding hydrogens is 424 g/mol. The van der Waals surface area contributed by atoms with Crippen molar-refractivity contribution in [1.82, 2.24) is 30.1 Å². The number of rotatable bonds is 4. The standard InChI is InChI=1S/C23H30N6O2S/c1-14(23(2,3)4)26-21(30)15-12-24-20-19(15)27-16(13-25-20)17-6-7-18(32-17)22(31)29-10-8-28(5)9-11-29/h6-7,12-14H,8-11H2,1-5H3,(H,24,25)(H,26,30). The summed E-state index contributed by atoms with van der Waals surface area (Å²) in [5.74, 6) is -0.122. The predicted molar refractivity (Wildman–Crippen MR) is 127 cm³/mol. The van der Waals surface area contributed by atoms with Crippen molar-refractivity contribution in [2.45, 2.75) is 33.7 Å². The molecule has 0 aromatic carbocycles. The Bertz CT molecular complexity index is 1140. The second-order valence-electron chi connectivity index (χ2n) is 9.48. The summed E-state index contributed by atoms with van der Waals surface area (Å²) in [7, 11) is 2.07. The highest BCUT2D eigenvalue weighted by Crippen LogP contribution is 2.29. The van der Waals surface area contributed by atoms with Gasteiger partial charge in [0, 0.05) is 38.4 Å². The normalized spacial score (nSPS) is 16.3. The average Bonchev–Trinajstić information content (AvgIpc) is 3.40. The smallest absolute Gasteiger partial charge is 0.264 e. The number of hydrogen-bond donors (Lipinski definition) is 2. The minimum absolute atomic E-state index is 0.00321. The first-order valence-electron chi connectivity index (χ1n) is 10.9. The van der Waals surface area contributed by atoms with Crippen LogP contribution in [0.1, 0.15) is 47.7 Å². The second-order valence-corrected chi connectivity index (χ2v) is 10.6. The summed E-state index contributed by atoms with van der Waals surface area (Å²) in [6, 6.07) is 3.75. The van der Waals surface area contributed by atoms with E-state index in [2.05, 4.69) is 48.0 Å². The van der Waals surface area contributed by atoms with Gasteiger partial charge in [-0.3, -0.25) is 9.59 Å². The van der Waals surface area contributed by atoms with Gasteiger partial charge in [-0.15, -0.1) is 11.3 Å². The maximum absolute atomic E-state index is 12.9. The van der Waals surface area contributed by atoms with Gasteiger partial charge in [-0.2, -0.15) is 0 Å². The van der Waals surface area contributed by atoms with Crippen LogP contribution in [0.4, 0.5) is 0 Å². The number of nitrogens with one attached hydrogen (secondary N) is 2. The first kappa shape index (κ1) is 22.4. The lowest BCUT2D eigenvalue weighted by atomic mass is 9.88. The Morgan fingerprint density at radius 1 is 1.19 bits per heavy atom. The van der Waals surface area contributed by atoms with E-state index >= 15 is 0 Å². The second kappa shape index (κ2) is 8.63. The molecule has 32 heavy (non-hydrogen) atoms. The molecule has 2 N–H and O–H groups in total. The van der Waals surface area contributed by atoms with Crippen LogP contribution >= 0.6 is 11.3 Å². The van der Waals surface area contributed by atoms with Gasteiger partial charge in [0.1, 0.15) is 5.52 Å². The number of piperazine rings is 1. The molecule has 4 rings (SSSR count). The summed E-state index contributed by atoms with van der Waals surface area (Å²) >= 11 is 1.41. The molecule has 1 fully saturated rings. The summed E-state index contributed by atoms with van der Waals surface area (Å²) < 4.78 is 0. The molecular formula is C23H30N6O2S. The molecule has 8 nitrogen and oxygen atoms in total. The number of carbonyl (C=O) groups is 2. The zero-order valence-electron chi connectivity index (χ0n) is 19.2. The number of H-pyrrole nitrogens is 1. The van der Waals surface area contributed by atoms with Gasteiger partial charge in [0.05, 0.1) is 27.2 Å². The SMILES string of the molecule is CC(NC(=O)c1c[nH]c2ncc(-c3ccc(C(=O)N4CCN(C)CC4)s3)nc12)C(C)(C)C. The van der Waals surface area contributed by atoms with Gasteiger partial charge in [0.2, 0.25) is 0 Å². The van der Waals surface area contributed by atoms with E-state index in [0.717, 1.165) is 31.1 Å². The molecule has 4 heterocycles. The van der Waals surface area contributed by atoms with Crippen molar-refractivity contribution in [3.05, 3.63) is 35.0 Å². The van der Waals surface area contributed by atoms with E-state index < -0.39 is 0 Å². The number of likely N-dealkylation sites (N-methyl/N-ethyl adjacent to an activating group) is 1. The monoisotopic (exact) mass is 454 g/mol. The van der Waals surface area contributed by atoms with E-state index in [1.807, 2.05) is 24.0 Å². The summed E-state index contributed by atoms with van der Waals surface area (Å²) in [4.78, 5) is 43.6. The van der Waals surface area contributed by atoms with Crippen molar-refractivity contribution in [3.8, 4) is 10.6 Å². The van der Waals surface area contributed by atoms with Crippen LogP contribution in [-0.2, 0) is 0 Å². The summed E-state index contributed by atoms with van der Waals surface area (Å²) in [6.45, 7) is 11.5. The van der Waals surface area contributed by atoms with Crippen LogP contribution in [0, 0.1) is 5.41 Å². The number of aromatic nitrogens is 3.